The summed E-state index contributed by atoms with van der Waals surface area (Å²) in [7, 11) is 0. The first-order chi connectivity index (χ1) is 9.81. The number of benzene rings is 2. The molecule has 2 aromatic carbocycles. The van der Waals surface area contributed by atoms with Crippen molar-refractivity contribution in [2.75, 3.05) is 6.54 Å². The summed E-state index contributed by atoms with van der Waals surface area (Å²) in [5.41, 5.74) is 6.72. The third kappa shape index (κ3) is 1.94. The van der Waals surface area contributed by atoms with Gasteiger partial charge in [0.15, 0.2) is 0 Å². The molecule has 0 saturated heterocycles. The van der Waals surface area contributed by atoms with Crippen molar-refractivity contribution in [3.63, 3.8) is 0 Å². The minimum absolute atomic E-state index is 0.987. The Labute approximate surface area is 122 Å². The summed E-state index contributed by atoms with van der Waals surface area (Å²) in [5, 5.41) is 4.58. The molecule has 2 nitrogen and oxygen atoms in total. The highest BCUT2D eigenvalue weighted by Crippen LogP contribution is 2.31. The molecule has 1 N–H and O–H groups in total. The van der Waals surface area contributed by atoms with Gasteiger partial charge in [0, 0.05) is 6.54 Å². The van der Waals surface area contributed by atoms with Gasteiger partial charge in [0.25, 0.3) is 0 Å². The lowest BCUT2D eigenvalue weighted by Gasteiger charge is -2.20. The topological polar surface area (TPSA) is 24.9 Å². The largest absolute Gasteiger partial charge is 0.312 e. The van der Waals surface area contributed by atoms with E-state index in [1.807, 2.05) is 0 Å². The Morgan fingerprint density at radius 2 is 2.15 bits per heavy atom. The molecule has 2 heterocycles. The molecule has 20 heavy (non-hydrogen) atoms. The maximum absolute atomic E-state index is 4.62. The van der Waals surface area contributed by atoms with Gasteiger partial charge in [0.05, 0.1) is 15.2 Å². The van der Waals surface area contributed by atoms with Gasteiger partial charge < -0.3 is 5.32 Å². The highest BCUT2D eigenvalue weighted by atomic mass is 32.1. The van der Waals surface area contributed by atoms with Crippen LogP contribution in [-0.4, -0.2) is 11.5 Å². The fourth-order valence-electron chi connectivity index (χ4n) is 3.01. The Morgan fingerprint density at radius 3 is 3.10 bits per heavy atom. The molecule has 0 unspecified atom stereocenters. The zero-order valence-corrected chi connectivity index (χ0v) is 12.3. The van der Waals surface area contributed by atoms with Crippen molar-refractivity contribution >= 4 is 21.6 Å². The summed E-state index contributed by atoms with van der Waals surface area (Å²) < 4.78 is 1.28. The van der Waals surface area contributed by atoms with Crippen molar-refractivity contribution in [2.45, 2.75) is 19.9 Å². The van der Waals surface area contributed by atoms with Gasteiger partial charge in [0.2, 0.25) is 0 Å². The summed E-state index contributed by atoms with van der Waals surface area (Å²) >= 11 is 1.76. The summed E-state index contributed by atoms with van der Waals surface area (Å²) in [6.45, 7) is 4.13. The van der Waals surface area contributed by atoms with Crippen molar-refractivity contribution in [1.82, 2.24) is 10.3 Å². The lowest BCUT2D eigenvalue weighted by Crippen LogP contribution is -2.23. The smallest absolute Gasteiger partial charge is 0.0907 e. The summed E-state index contributed by atoms with van der Waals surface area (Å²) in [6, 6.07) is 13.3. The average molecular weight is 280 g/mol. The number of fused-ring (bicyclic) bond motifs is 2. The molecule has 0 saturated carbocycles. The maximum atomic E-state index is 4.62. The van der Waals surface area contributed by atoms with E-state index in [1.54, 1.807) is 11.3 Å². The third-order valence-electron chi connectivity index (χ3n) is 3.95. The fourth-order valence-corrected chi connectivity index (χ4v) is 3.82. The zero-order chi connectivity index (χ0) is 13.5. The third-order valence-corrected chi connectivity index (χ3v) is 4.90. The number of aryl methyl sites for hydroxylation is 1. The Morgan fingerprint density at radius 1 is 1.20 bits per heavy atom. The molecule has 4 rings (SSSR count). The van der Waals surface area contributed by atoms with E-state index in [4.69, 9.17) is 0 Å². The first kappa shape index (κ1) is 12.1. The number of rotatable bonds is 1. The predicted molar refractivity (Wildman–Crippen MR) is 85.2 cm³/mol. The molecule has 0 amide bonds. The molecule has 1 aliphatic rings. The number of nitrogens with zero attached hydrogens (tertiary/aromatic N) is 1. The molecule has 0 spiro atoms. The van der Waals surface area contributed by atoms with Gasteiger partial charge in [-0.15, -0.1) is 11.3 Å². The van der Waals surface area contributed by atoms with Crippen molar-refractivity contribution in [3.8, 4) is 11.1 Å². The number of nitrogens with one attached hydrogen (secondary N) is 1. The number of aromatic nitrogens is 1. The van der Waals surface area contributed by atoms with Gasteiger partial charge in [-0.2, -0.15) is 0 Å². The summed E-state index contributed by atoms with van der Waals surface area (Å²) in [4.78, 5) is 4.62. The number of hydrogen-bond donors (Lipinski definition) is 1. The van der Waals surface area contributed by atoms with Crippen LogP contribution in [0.2, 0.25) is 0 Å². The van der Waals surface area contributed by atoms with Crippen LogP contribution < -0.4 is 5.32 Å². The van der Waals surface area contributed by atoms with Crippen molar-refractivity contribution in [1.29, 1.82) is 0 Å². The normalized spacial score (nSPS) is 14.4. The molecule has 0 fully saturated rings. The van der Waals surface area contributed by atoms with Crippen LogP contribution in [0.15, 0.2) is 36.4 Å². The molecule has 0 bridgehead atoms. The second kappa shape index (κ2) is 4.69. The van der Waals surface area contributed by atoms with E-state index in [1.165, 1.54) is 27.0 Å². The Bertz CT molecular complexity index is 789. The quantitative estimate of drug-likeness (QED) is 0.731. The monoisotopic (exact) mass is 280 g/mol. The lowest BCUT2D eigenvalue weighted by atomic mass is 9.91. The molecule has 0 atom stereocenters. The van der Waals surface area contributed by atoms with Crippen molar-refractivity contribution in [2.24, 2.45) is 0 Å². The first-order valence-corrected chi connectivity index (χ1v) is 7.82. The molecule has 3 heteroatoms. The lowest BCUT2D eigenvalue weighted by molar-refractivity contribution is 0.645. The fraction of sp³-hybridized carbons (Fsp3) is 0.235. The van der Waals surface area contributed by atoms with E-state index in [-0.39, 0.29) is 0 Å². The van der Waals surface area contributed by atoms with Crippen LogP contribution in [0.1, 0.15) is 16.1 Å². The van der Waals surface area contributed by atoms with Gasteiger partial charge in [-0.05, 0) is 54.3 Å². The average Bonchev–Trinajstić information content (AvgIpc) is 2.85. The van der Waals surface area contributed by atoms with Crippen LogP contribution in [0.5, 0.6) is 0 Å². The maximum Gasteiger partial charge on any atom is 0.0907 e. The molecule has 100 valence electrons. The van der Waals surface area contributed by atoms with Crippen LogP contribution in [0.4, 0.5) is 0 Å². The number of hydrogen-bond acceptors (Lipinski definition) is 3. The Hall–Kier alpha value is -1.71. The van der Waals surface area contributed by atoms with Gasteiger partial charge >= 0.3 is 0 Å². The van der Waals surface area contributed by atoms with E-state index in [9.17, 15) is 0 Å². The van der Waals surface area contributed by atoms with Gasteiger partial charge in [-0.1, -0.05) is 24.3 Å². The molecule has 3 aromatic rings. The predicted octanol–water partition coefficient (Wildman–Crippen LogP) is 3.92. The second-order valence-corrected chi connectivity index (χ2v) is 6.52. The van der Waals surface area contributed by atoms with Crippen LogP contribution in [0, 0.1) is 6.92 Å². The molecular formula is C17H16N2S. The summed E-state index contributed by atoms with van der Waals surface area (Å²) in [5.74, 6) is 0. The van der Waals surface area contributed by atoms with E-state index in [2.05, 4.69) is 53.6 Å². The minimum atomic E-state index is 0.987. The molecule has 0 radical (unpaired) electrons. The SMILES string of the molecule is Cc1nc2cc(-c3cccc4c3CCNC4)ccc2s1. The molecule has 0 aliphatic carbocycles. The Balaban J connectivity index is 1.90. The van der Waals surface area contributed by atoms with Gasteiger partial charge in [0.1, 0.15) is 0 Å². The highest BCUT2D eigenvalue weighted by Gasteiger charge is 2.14. The second-order valence-electron chi connectivity index (χ2n) is 5.29. The number of thiazole rings is 1. The van der Waals surface area contributed by atoms with Crippen LogP contribution in [0.3, 0.4) is 0 Å². The summed E-state index contributed by atoms with van der Waals surface area (Å²) in [6.07, 6.45) is 1.11. The van der Waals surface area contributed by atoms with Gasteiger partial charge in [-0.3, -0.25) is 0 Å². The Kier molecular flexibility index (Phi) is 2.83. The van der Waals surface area contributed by atoms with E-state index in [0.29, 0.717) is 0 Å². The van der Waals surface area contributed by atoms with E-state index < -0.39 is 0 Å². The first-order valence-electron chi connectivity index (χ1n) is 7.00. The standard InChI is InChI=1S/C17H16N2S/c1-11-19-16-9-12(5-6-17(16)20-11)14-4-2-3-13-10-18-8-7-15(13)14/h2-6,9,18H,7-8,10H2,1H3. The zero-order valence-electron chi connectivity index (χ0n) is 11.4. The molecular weight excluding hydrogens is 264 g/mol. The molecule has 1 aliphatic heterocycles. The van der Waals surface area contributed by atoms with Crippen LogP contribution >= 0.6 is 11.3 Å². The highest BCUT2D eigenvalue weighted by molar-refractivity contribution is 7.18. The van der Waals surface area contributed by atoms with Crippen molar-refractivity contribution in [3.05, 3.63) is 52.5 Å². The van der Waals surface area contributed by atoms with Crippen LogP contribution in [0.25, 0.3) is 21.3 Å². The van der Waals surface area contributed by atoms with Gasteiger partial charge in [-0.25, -0.2) is 4.98 Å². The van der Waals surface area contributed by atoms with E-state index >= 15 is 0 Å². The van der Waals surface area contributed by atoms with Crippen molar-refractivity contribution < 1.29 is 0 Å². The van der Waals surface area contributed by atoms with Crippen LogP contribution in [-0.2, 0) is 13.0 Å². The van der Waals surface area contributed by atoms with E-state index in [0.717, 1.165) is 30.0 Å². The minimum Gasteiger partial charge on any atom is -0.312 e. The molecule has 1 aromatic heterocycles.